The van der Waals surface area contributed by atoms with Crippen molar-refractivity contribution in [2.75, 3.05) is 24.6 Å². The molecular weight excluding hydrogens is 370 g/mol. The van der Waals surface area contributed by atoms with Gasteiger partial charge in [0.1, 0.15) is 12.1 Å². The maximum atomic E-state index is 12.9. The Labute approximate surface area is 158 Å². The van der Waals surface area contributed by atoms with E-state index in [1.807, 2.05) is 6.07 Å². The van der Waals surface area contributed by atoms with Crippen molar-refractivity contribution in [3.63, 3.8) is 0 Å². The number of rotatable bonds is 5. The highest BCUT2D eigenvalue weighted by atomic mass is 32.2. The second kappa shape index (κ2) is 6.95. The zero-order chi connectivity index (χ0) is 19.8. The molecule has 9 heteroatoms. The first-order chi connectivity index (χ1) is 12.7. The summed E-state index contributed by atoms with van der Waals surface area (Å²) >= 11 is 0. The molecule has 2 heterocycles. The van der Waals surface area contributed by atoms with Crippen molar-refractivity contribution >= 4 is 27.7 Å². The van der Waals surface area contributed by atoms with Gasteiger partial charge < -0.3 is 10.2 Å². The molecule has 3 rings (SSSR count). The van der Waals surface area contributed by atoms with Crippen LogP contribution in [0.15, 0.2) is 30.3 Å². The van der Waals surface area contributed by atoms with Gasteiger partial charge in [0, 0.05) is 12.6 Å². The van der Waals surface area contributed by atoms with E-state index in [-0.39, 0.29) is 11.5 Å². The van der Waals surface area contributed by atoms with Crippen LogP contribution in [0.25, 0.3) is 0 Å². The normalized spacial score (nSPS) is 26.9. The predicted octanol–water partition coefficient (Wildman–Crippen LogP) is 0.489. The molecule has 2 atom stereocenters. The lowest BCUT2D eigenvalue weighted by molar-refractivity contribution is -0.139. The van der Waals surface area contributed by atoms with E-state index in [1.54, 1.807) is 38.1 Å². The highest BCUT2D eigenvalue weighted by Crippen LogP contribution is 2.28. The first kappa shape index (κ1) is 19.3. The van der Waals surface area contributed by atoms with Crippen molar-refractivity contribution in [2.24, 2.45) is 0 Å². The molecule has 0 radical (unpaired) electrons. The largest absolute Gasteiger partial charge is 0.337 e. The highest BCUT2D eigenvalue weighted by Gasteiger charge is 2.50. The molecule has 2 saturated heterocycles. The van der Waals surface area contributed by atoms with E-state index in [0.29, 0.717) is 18.5 Å². The molecule has 0 saturated carbocycles. The number of nitrogens with zero attached hydrogens (tertiary/aromatic N) is 2. The summed E-state index contributed by atoms with van der Waals surface area (Å²) in [6, 6.07) is 7.80. The Kier molecular flexibility index (Phi) is 4.98. The van der Waals surface area contributed by atoms with Gasteiger partial charge in [0.05, 0.1) is 11.5 Å². The first-order valence-corrected chi connectivity index (χ1v) is 10.7. The molecule has 2 aliphatic rings. The molecule has 0 bridgehead atoms. The molecule has 4 amide bonds. The van der Waals surface area contributed by atoms with Crippen molar-refractivity contribution in [2.45, 2.75) is 31.8 Å². The van der Waals surface area contributed by atoms with Crippen molar-refractivity contribution in [1.29, 1.82) is 0 Å². The zero-order valence-corrected chi connectivity index (χ0v) is 16.2. The summed E-state index contributed by atoms with van der Waals surface area (Å²) in [6.45, 7) is 3.27. The second-order valence-electron chi connectivity index (χ2n) is 7.05. The zero-order valence-electron chi connectivity index (χ0n) is 15.3. The Hall–Kier alpha value is -2.42. The number of likely N-dealkylation sites (N-methyl/N-ethyl adjacent to an activating group) is 1. The minimum Gasteiger partial charge on any atom is -0.337 e. The fraction of sp³-hybridized carbons (Fsp3) is 0.500. The van der Waals surface area contributed by atoms with Gasteiger partial charge in [0.15, 0.2) is 9.84 Å². The van der Waals surface area contributed by atoms with Crippen LogP contribution in [-0.2, 0) is 25.0 Å². The van der Waals surface area contributed by atoms with E-state index in [1.165, 1.54) is 4.90 Å². The van der Waals surface area contributed by atoms with Gasteiger partial charge in [-0.1, -0.05) is 30.3 Å². The fourth-order valence-corrected chi connectivity index (χ4v) is 5.42. The fourth-order valence-electron chi connectivity index (χ4n) is 3.69. The number of hydrogen-bond acceptors (Lipinski definition) is 5. The van der Waals surface area contributed by atoms with E-state index < -0.39 is 45.8 Å². The third-order valence-electron chi connectivity index (χ3n) is 5.23. The summed E-state index contributed by atoms with van der Waals surface area (Å²) < 4.78 is 23.4. The highest BCUT2D eigenvalue weighted by molar-refractivity contribution is 7.91. The van der Waals surface area contributed by atoms with Gasteiger partial charge in [-0.3, -0.25) is 14.5 Å². The van der Waals surface area contributed by atoms with E-state index >= 15 is 0 Å². The van der Waals surface area contributed by atoms with Crippen LogP contribution in [0.3, 0.4) is 0 Å². The number of amides is 4. The number of hydrogen-bond donors (Lipinski definition) is 1. The number of sulfone groups is 1. The number of carbonyl (C=O) groups excluding carboxylic acids is 3. The Balaban J connectivity index is 1.76. The van der Waals surface area contributed by atoms with Gasteiger partial charge in [-0.15, -0.1) is 0 Å². The van der Waals surface area contributed by atoms with Crippen molar-refractivity contribution in [3.05, 3.63) is 35.9 Å². The number of imide groups is 1. The van der Waals surface area contributed by atoms with Crippen LogP contribution in [0, 0.1) is 0 Å². The average molecular weight is 393 g/mol. The summed E-state index contributed by atoms with van der Waals surface area (Å²) in [4.78, 5) is 40.3. The van der Waals surface area contributed by atoms with Crippen LogP contribution in [-0.4, -0.2) is 66.7 Å². The molecule has 0 unspecified atom stereocenters. The molecule has 1 N–H and O–H groups in total. The summed E-state index contributed by atoms with van der Waals surface area (Å²) in [7, 11) is -3.14. The topological polar surface area (TPSA) is 104 Å². The Morgan fingerprint density at radius 3 is 2.52 bits per heavy atom. The SMILES string of the molecule is CCN(C(=O)CN1C(=O)N[C@@](C)(c2ccccc2)C1=O)[C@H]1CCS(=O)(=O)C1. The quantitative estimate of drug-likeness (QED) is 0.733. The Morgan fingerprint density at radius 2 is 1.96 bits per heavy atom. The van der Waals surface area contributed by atoms with Crippen molar-refractivity contribution in [1.82, 2.24) is 15.1 Å². The van der Waals surface area contributed by atoms with Gasteiger partial charge in [-0.25, -0.2) is 13.2 Å². The Morgan fingerprint density at radius 1 is 1.30 bits per heavy atom. The molecule has 8 nitrogen and oxygen atoms in total. The van der Waals surface area contributed by atoms with Crippen LogP contribution < -0.4 is 5.32 Å². The first-order valence-electron chi connectivity index (χ1n) is 8.87. The third-order valence-corrected chi connectivity index (χ3v) is 6.98. The van der Waals surface area contributed by atoms with Crippen molar-refractivity contribution in [3.8, 4) is 0 Å². The maximum absolute atomic E-state index is 12.9. The molecule has 1 aromatic carbocycles. The minimum atomic E-state index is -3.14. The maximum Gasteiger partial charge on any atom is 0.325 e. The van der Waals surface area contributed by atoms with E-state index in [9.17, 15) is 22.8 Å². The summed E-state index contributed by atoms with van der Waals surface area (Å²) in [5, 5.41) is 2.66. The van der Waals surface area contributed by atoms with Gasteiger partial charge in [-0.05, 0) is 25.8 Å². The molecular formula is C18H23N3O5S. The number of nitrogens with one attached hydrogen (secondary N) is 1. The third kappa shape index (κ3) is 3.55. The van der Waals surface area contributed by atoms with Crippen molar-refractivity contribution < 1.29 is 22.8 Å². The lowest BCUT2D eigenvalue weighted by Gasteiger charge is -2.28. The lowest BCUT2D eigenvalue weighted by Crippen LogP contribution is -2.48. The monoisotopic (exact) mass is 393 g/mol. The van der Waals surface area contributed by atoms with E-state index in [4.69, 9.17) is 0 Å². The number of benzene rings is 1. The summed E-state index contributed by atoms with van der Waals surface area (Å²) in [5.41, 5.74) is -0.598. The summed E-state index contributed by atoms with van der Waals surface area (Å²) in [5.74, 6) is -0.951. The molecule has 0 spiro atoms. The smallest absolute Gasteiger partial charge is 0.325 e. The van der Waals surface area contributed by atoms with Crippen LogP contribution in [0.5, 0.6) is 0 Å². The minimum absolute atomic E-state index is 0.0522. The van der Waals surface area contributed by atoms with E-state index in [2.05, 4.69) is 5.32 Å². The number of carbonyl (C=O) groups is 3. The molecule has 0 aliphatic carbocycles. The van der Waals surface area contributed by atoms with Crippen LogP contribution >= 0.6 is 0 Å². The molecule has 1 aromatic rings. The van der Waals surface area contributed by atoms with Gasteiger partial charge in [0.2, 0.25) is 5.91 Å². The van der Waals surface area contributed by atoms with Crippen LogP contribution in [0.1, 0.15) is 25.8 Å². The van der Waals surface area contributed by atoms with Gasteiger partial charge in [0.25, 0.3) is 5.91 Å². The van der Waals surface area contributed by atoms with Gasteiger partial charge >= 0.3 is 6.03 Å². The van der Waals surface area contributed by atoms with Gasteiger partial charge in [-0.2, -0.15) is 0 Å². The average Bonchev–Trinajstić information content (AvgIpc) is 3.09. The Bertz CT molecular complexity index is 870. The van der Waals surface area contributed by atoms with Crippen LogP contribution in [0.2, 0.25) is 0 Å². The second-order valence-corrected chi connectivity index (χ2v) is 9.28. The molecule has 2 fully saturated rings. The van der Waals surface area contributed by atoms with E-state index in [0.717, 1.165) is 4.90 Å². The predicted molar refractivity (Wildman–Crippen MR) is 98.5 cm³/mol. The van der Waals surface area contributed by atoms with Crippen LogP contribution in [0.4, 0.5) is 4.79 Å². The molecule has 2 aliphatic heterocycles. The molecule has 27 heavy (non-hydrogen) atoms. The number of urea groups is 1. The molecule has 146 valence electrons. The standard InChI is InChI=1S/C18H23N3O5S/c1-3-20(14-9-10-27(25,26)12-14)15(22)11-21-16(23)18(2,19-17(21)24)13-7-5-4-6-8-13/h4-8,14H,3,9-12H2,1-2H3,(H,19,24)/t14-,18-/m0/s1. The lowest BCUT2D eigenvalue weighted by atomic mass is 9.92. The molecule has 0 aromatic heterocycles. The summed E-state index contributed by atoms with van der Waals surface area (Å²) in [6.07, 6.45) is 0.379.